The Morgan fingerprint density at radius 3 is 2.50 bits per heavy atom. The zero-order valence-electron chi connectivity index (χ0n) is 14.3. The number of amides is 2. The minimum Gasteiger partial charge on any atom is -0.338 e. The highest BCUT2D eigenvalue weighted by atomic mass is 19.4. The van der Waals surface area contributed by atoms with Crippen molar-refractivity contribution in [2.45, 2.75) is 57.5 Å². The van der Waals surface area contributed by atoms with E-state index in [1.165, 1.54) is 43.4 Å². The molecule has 24 heavy (non-hydrogen) atoms. The van der Waals surface area contributed by atoms with Crippen LogP contribution in [0.25, 0.3) is 0 Å². The molecule has 0 radical (unpaired) electrons. The van der Waals surface area contributed by atoms with Gasteiger partial charge in [0.2, 0.25) is 0 Å². The maximum atomic E-state index is 12.3. The van der Waals surface area contributed by atoms with Gasteiger partial charge in [-0.15, -0.1) is 0 Å². The minimum absolute atomic E-state index is 0.111. The van der Waals surface area contributed by atoms with E-state index in [2.05, 4.69) is 10.6 Å². The van der Waals surface area contributed by atoms with Gasteiger partial charge in [0.25, 0.3) is 0 Å². The molecule has 1 atom stereocenters. The Hall–Kier alpha value is -0.980. The first-order valence-electron chi connectivity index (χ1n) is 9.23. The summed E-state index contributed by atoms with van der Waals surface area (Å²) in [5.74, 6) is 0.932. The van der Waals surface area contributed by atoms with Gasteiger partial charge in [-0.05, 0) is 37.6 Å². The summed E-state index contributed by atoms with van der Waals surface area (Å²) < 4.78 is 37.0. The van der Waals surface area contributed by atoms with Crippen molar-refractivity contribution in [1.82, 2.24) is 15.5 Å². The summed E-state index contributed by atoms with van der Waals surface area (Å²) in [6.45, 7) is 1.13. The topological polar surface area (TPSA) is 44.4 Å². The van der Waals surface area contributed by atoms with Gasteiger partial charge in [0, 0.05) is 19.6 Å². The van der Waals surface area contributed by atoms with Crippen molar-refractivity contribution < 1.29 is 18.0 Å². The molecular formula is C17H30F3N3O. The predicted octanol–water partition coefficient (Wildman–Crippen LogP) is 3.53. The number of carbonyl (C=O) groups is 1. The van der Waals surface area contributed by atoms with E-state index in [9.17, 15) is 18.0 Å². The Morgan fingerprint density at radius 1 is 1.04 bits per heavy atom. The SMILES string of the molecule is O=C(NCCCC1CCCCC1)NCC1CCN(CC(F)(F)F)C1. The molecule has 4 nitrogen and oxygen atoms in total. The molecule has 2 fully saturated rings. The van der Waals surface area contributed by atoms with Gasteiger partial charge in [0.05, 0.1) is 6.54 Å². The first kappa shape index (κ1) is 19.3. The molecule has 0 bridgehead atoms. The van der Waals surface area contributed by atoms with Crippen molar-refractivity contribution in [3.8, 4) is 0 Å². The van der Waals surface area contributed by atoms with Crippen molar-refractivity contribution in [3.05, 3.63) is 0 Å². The molecule has 140 valence electrons. The van der Waals surface area contributed by atoms with Gasteiger partial charge in [-0.3, -0.25) is 4.90 Å². The van der Waals surface area contributed by atoms with Crippen LogP contribution < -0.4 is 10.6 Å². The predicted molar refractivity (Wildman–Crippen MR) is 87.8 cm³/mol. The lowest BCUT2D eigenvalue weighted by atomic mass is 9.86. The summed E-state index contributed by atoms with van der Waals surface area (Å²) in [6, 6.07) is -0.201. The second-order valence-electron chi connectivity index (χ2n) is 7.29. The molecule has 1 saturated carbocycles. The van der Waals surface area contributed by atoms with E-state index in [0.717, 1.165) is 12.3 Å². The monoisotopic (exact) mass is 349 g/mol. The van der Waals surface area contributed by atoms with E-state index in [4.69, 9.17) is 0 Å². The molecule has 0 aromatic rings. The van der Waals surface area contributed by atoms with Gasteiger partial charge in [0.15, 0.2) is 0 Å². The van der Waals surface area contributed by atoms with Gasteiger partial charge in [0.1, 0.15) is 0 Å². The largest absolute Gasteiger partial charge is 0.401 e. The van der Waals surface area contributed by atoms with E-state index in [1.807, 2.05) is 0 Å². The highest BCUT2D eigenvalue weighted by Crippen LogP contribution is 2.27. The average Bonchev–Trinajstić information content (AvgIpc) is 2.96. The number of halogens is 3. The summed E-state index contributed by atoms with van der Waals surface area (Å²) in [5, 5.41) is 5.64. The Kier molecular flexibility index (Phi) is 7.65. The van der Waals surface area contributed by atoms with Crippen molar-refractivity contribution in [2.24, 2.45) is 11.8 Å². The molecule has 2 rings (SSSR count). The Balaban J connectivity index is 1.49. The van der Waals surface area contributed by atoms with Crippen LogP contribution in [-0.4, -0.2) is 49.8 Å². The summed E-state index contributed by atoms with van der Waals surface area (Å²) in [4.78, 5) is 13.2. The van der Waals surface area contributed by atoms with E-state index in [0.29, 0.717) is 32.6 Å². The molecule has 1 heterocycles. The van der Waals surface area contributed by atoms with Crippen LogP contribution in [0.15, 0.2) is 0 Å². The van der Waals surface area contributed by atoms with Crippen LogP contribution in [0.3, 0.4) is 0 Å². The average molecular weight is 349 g/mol. The molecule has 1 unspecified atom stereocenters. The molecule has 1 aliphatic heterocycles. The standard InChI is InChI=1S/C17H30F3N3O/c18-17(19,20)13-23-10-8-15(12-23)11-22-16(24)21-9-4-7-14-5-2-1-3-6-14/h14-15H,1-13H2,(H2,21,22,24). The van der Waals surface area contributed by atoms with Crippen molar-refractivity contribution in [1.29, 1.82) is 0 Å². The minimum atomic E-state index is -4.14. The number of carbonyl (C=O) groups excluding carboxylic acids is 1. The van der Waals surface area contributed by atoms with Crippen LogP contribution in [0.2, 0.25) is 0 Å². The molecule has 1 saturated heterocycles. The van der Waals surface area contributed by atoms with Crippen LogP contribution in [0.5, 0.6) is 0 Å². The van der Waals surface area contributed by atoms with E-state index < -0.39 is 12.7 Å². The van der Waals surface area contributed by atoms with Crippen LogP contribution in [0.1, 0.15) is 51.4 Å². The number of nitrogens with zero attached hydrogens (tertiary/aromatic N) is 1. The maximum absolute atomic E-state index is 12.3. The van der Waals surface area contributed by atoms with Gasteiger partial charge < -0.3 is 10.6 Å². The van der Waals surface area contributed by atoms with Crippen LogP contribution in [-0.2, 0) is 0 Å². The summed E-state index contributed by atoms with van der Waals surface area (Å²) in [5.41, 5.74) is 0. The Bertz CT molecular complexity index is 384. The third-order valence-corrected chi connectivity index (χ3v) is 5.12. The molecular weight excluding hydrogens is 319 g/mol. The fourth-order valence-electron chi connectivity index (χ4n) is 3.84. The van der Waals surface area contributed by atoms with Gasteiger partial charge >= 0.3 is 12.2 Å². The fraction of sp³-hybridized carbons (Fsp3) is 0.941. The second kappa shape index (κ2) is 9.49. The number of rotatable bonds is 7. The number of hydrogen-bond donors (Lipinski definition) is 2. The first-order valence-corrected chi connectivity index (χ1v) is 9.23. The molecule has 1 aliphatic carbocycles. The van der Waals surface area contributed by atoms with E-state index >= 15 is 0 Å². The lowest BCUT2D eigenvalue weighted by Crippen LogP contribution is -2.39. The number of urea groups is 1. The molecule has 2 N–H and O–H groups in total. The van der Waals surface area contributed by atoms with Gasteiger partial charge in [-0.1, -0.05) is 32.1 Å². The maximum Gasteiger partial charge on any atom is 0.401 e. The quantitative estimate of drug-likeness (QED) is 0.691. The lowest BCUT2D eigenvalue weighted by Gasteiger charge is -2.21. The molecule has 2 amide bonds. The number of hydrogen-bond acceptors (Lipinski definition) is 2. The first-order chi connectivity index (χ1) is 11.4. The summed E-state index contributed by atoms with van der Waals surface area (Å²) in [6.07, 6.45) is 5.42. The molecule has 2 aliphatic rings. The molecule has 0 aromatic carbocycles. The zero-order valence-corrected chi connectivity index (χ0v) is 14.3. The number of alkyl halides is 3. The zero-order chi connectivity index (χ0) is 17.4. The normalized spacial score (nSPS) is 23.4. The lowest BCUT2D eigenvalue weighted by molar-refractivity contribution is -0.143. The summed E-state index contributed by atoms with van der Waals surface area (Å²) >= 11 is 0. The molecule has 7 heteroatoms. The van der Waals surface area contributed by atoms with Crippen molar-refractivity contribution in [2.75, 3.05) is 32.7 Å². The van der Waals surface area contributed by atoms with Crippen molar-refractivity contribution >= 4 is 6.03 Å². The number of nitrogens with one attached hydrogen (secondary N) is 2. The van der Waals surface area contributed by atoms with Crippen molar-refractivity contribution in [3.63, 3.8) is 0 Å². The highest BCUT2D eigenvalue weighted by Gasteiger charge is 2.34. The third kappa shape index (κ3) is 7.73. The van der Waals surface area contributed by atoms with Gasteiger partial charge in [-0.25, -0.2) is 4.79 Å². The fourth-order valence-corrected chi connectivity index (χ4v) is 3.84. The highest BCUT2D eigenvalue weighted by molar-refractivity contribution is 5.73. The van der Waals surface area contributed by atoms with Crippen LogP contribution in [0, 0.1) is 11.8 Å². The van der Waals surface area contributed by atoms with E-state index in [1.54, 1.807) is 0 Å². The second-order valence-corrected chi connectivity index (χ2v) is 7.29. The van der Waals surface area contributed by atoms with Crippen LogP contribution >= 0.6 is 0 Å². The van der Waals surface area contributed by atoms with Crippen LogP contribution in [0.4, 0.5) is 18.0 Å². The molecule has 0 aromatic heterocycles. The molecule has 0 spiro atoms. The van der Waals surface area contributed by atoms with Gasteiger partial charge in [-0.2, -0.15) is 13.2 Å². The summed E-state index contributed by atoms with van der Waals surface area (Å²) in [7, 11) is 0. The third-order valence-electron chi connectivity index (χ3n) is 5.12. The smallest absolute Gasteiger partial charge is 0.338 e. The Morgan fingerprint density at radius 2 is 1.79 bits per heavy atom. The van der Waals surface area contributed by atoms with E-state index in [-0.39, 0.29) is 11.9 Å². The Labute approximate surface area is 142 Å². The number of likely N-dealkylation sites (tertiary alicyclic amines) is 1.